The first-order chi connectivity index (χ1) is 14.1. The number of aryl methyl sites for hydroxylation is 1. The summed E-state index contributed by atoms with van der Waals surface area (Å²) in [5.41, 5.74) is 4.02. The fraction of sp³-hybridized carbons (Fsp3) is 0.304. The Kier molecular flexibility index (Phi) is 5.62. The summed E-state index contributed by atoms with van der Waals surface area (Å²) in [4.78, 5) is 22.6. The number of nitrogens with one attached hydrogen (secondary N) is 2. The number of aromatic nitrogens is 2. The summed E-state index contributed by atoms with van der Waals surface area (Å²) in [6.45, 7) is 3.57. The van der Waals surface area contributed by atoms with Crippen molar-refractivity contribution in [1.29, 1.82) is 0 Å². The molecule has 1 atom stereocenters. The molecule has 0 radical (unpaired) electrons. The van der Waals surface area contributed by atoms with Crippen molar-refractivity contribution in [2.24, 2.45) is 0 Å². The van der Waals surface area contributed by atoms with Gasteiger partial charge in [0.25, 0.3) is 0 Å². The van der Waals surface area contributed by atoms with Crippen LogP contribution >= 0.6 is 0 Å². The van der Waals surface area contributed by atoms with E-state index in [1.165, 1.54) is 0 Å². The van der Waals surface area contributed by atoms with E-state index in [0.29, 0.717) is 6.54 Å². The van der Waals surface area contributed by atoms with Crippen molar-refractivity contribution >= 4 is 11.6 Å². The second kappa shape index (κ2) is 8.49. The van der Waals surface area contributed by atoms with E-state index in [1.807, 2.05) is 61.7 Å². The molecule has 1 aliphatic heterocycles. The first kappa shape index (κ1) is 19.2. The van der Waals surface area contributed by atoms with Crippen molar-refractivity contribution in [3.05, 3.63) is 66.2 Å². The van der Waals surface area contributed by atoms with E-state index in [1.54, 1.807) is 7.11 Å². The maximum absolute atomic E-state index is 12.9. The van der Waals surface area contributed by atoms with E-state index < -0.39 is 0 Å². The van der Waals surface area contributed by atoms with Gasteiger partial charge in [-0.15, -0.1) is 0 Å². The number of carbonyl (C=O) groups is 1. The predicted molar refractivity (Wildman–Crippen MR) is 114 cm³/mol. The number of methoxy groups -OCH3 is 1. The van der Waals surface area contributed by atoms with Crippen LogP contribution < -0.4 is 10.1 Å². The molecule has 1 fully saturated rings. The van der Waals surface area contributed by atoms with E-state index in [4.69, 9.17) is 4.74 Å². The third kappa shape index (κ3) is 4.49. The summed E-state index contributed by atoms with van der Waals surface area (Å²) >= 11 is 0. The molecular formula is C23H26N4O2. The van der Waals surface area contributed by atoms with Gasteiger partial charge in [-0.1, -0.05) is 24.3 Å². The lowest BCUT2D eigenvalue weighted by Crippen LogP contribution is -2.39. The highest BCUT2D eigenvalue weighted by molar-refractivity contribution is 5.95. The van der Waals surface area contributed by atoms with E-state index in [0.717, 1.165) is 53.5 Å². The molecule has 0 aliphatic carbocycles. The molecule has 1 aromatic heterocycles. The number of carbonyl (C=O) groups excluding carboxylic acids is 1. The normalized spacial score (nSPS) is 16.7. The van der Waals surface area contributed by atoms with Gasteiger partial charge in [-0.3, -0.25) is 9.69 Å². The zero-order valence-electron chi connectivity index (χ0n) is 16.8. The molecule has 29 heavy (non-hydrogen) atoms. The molecule has 4 rings (SSSR count). The van der Waals surface area contributed by atoms with Crippen molar-refractivity contribution in [1.82, 2.24) is 14.9 Å². The van der Waals surface area contributed by atoms with Crippen LogP contribution in [0.15, 0.2) is 54.7 Å². The maximum atomic E-state index is 12.9. The van der Waals surface area contributed by atoms with Crippen LogP contribution in [-0.4, -0.2) is 40.5 Å². The molecule has 6 nitrogen and oxygen atoms in total. The van der Waals surface area contributed by atoms with E-state index >= 15 is 0 Å². The molecule has 0 spiro atoms. The van der Waals surface area contributed by atoms with E-state index in [9.17, 15) is 4.79 Å². The summed E-state index contributed by atoms with van der Waals surface area (Å²) < 4.78 is 5.30. The number of anilines is 1. The fourth-order valence-corrected chi connectivity index (χ4v) is 3.86. The largest absolute Gasteiger partial charge is 0.497 e. The summed E-state index contributed by atoms with van der Waals surface area (Å²) in [5, 5.41) is 3.07. The lowest BCUT2D eigenvalue weighted by molar-refractivity contribution is -0.120. The highest BCUT2D eigenvalue weighted by Gasteiger charge is 2.31. The standard InChI is InChI=1S/C23H26N4O2/c1-16-24-14-20(25-16)15-27-12-4-7-22(27)23(28)26-19-10-8-17(9-11-19)18-5-3-6-21(13-18)29-2/h3,5-6,8-11,13-14,22H,4,7,12,15H2,1-2H3,(H,24,25)(H,26,28). The van der Waals surface area contributed by atoms with E-state index in [-0.39, 0.29) is 11.9 Å². The average Bonchev–Trinajstić information content (AvgIpc) is 3.37. The molecule has 1 amide bonds. The predicted octanol–water partition coefficient (Wildman–Crippen LogP) is 4.00. The highest BCUT2D eigenvalue weighted by Crippen LogP contribution is 2.26. The number of nitrogens with zero attached hydrogens (tertiary/aromatic N) is 2. The summed E-state index contributed by atoms with van der Waals surface area (Å²) in [7, 11) is 1.66. The minimum atomic E-state index is -0.114. The number of benzene rings is 2. The maximum Gasteiger partial charge on any atom is 0.241 e. The van der Waals surface area contributed by atoms with Crippen LogP contribution in [0.4, 0.5) is 5.69 Å². The van der Waals surface area contributed by atoms with Crippen LogP contribution in [0.2, 0.25) is 0 Å². The molecule has 0 bridgehead atoms. The van der Waals surface area contributed by atoms with Crippen LogP contribution in [0.3, 0.4) is 0 Å². The van der Waals surface area contributed by atoms with E-state index in [2.05, 4.69) is 20.2 Å². The summed E-state index contributed by atoms with van der Waals surface area (Å²) in [6.07, 6.45) is 3.75. The Morgan fingerprint density at radius 3 is 2.79 bits per heavy atom. The fourth-order valence-electron chi connectivity index (χ4n) is 3.86. The Hall–Kier alpha value is -3.12. The number of likely N-dealkylation sites (tertiary alicyclic amines) is 1. The number of hydrogen-bond acceptors (Lipinski definition) is 4. The Balaban J connectivity index is 1.41. The second-order valence-corrected chi connectivity index (χ2v) is 7.42. The Labute approximate surface area is 170 Å². The Morgan fingerprint density at radius 2 is 2.07 bits per heavy atom. The molecule has 1 unspecified atom stereocenters. The highest BCUT2D eigenvalue weighted by atomic mass is 16.5. The van der Waals surface area contributed by atoms with Gasteiger partial charge in [0.15, 0.2) is 0 Å². The number of amides is 1. The number of H-pyrrole nitrogens is 1. The van der Waals surface area contributed by atoms with Crippen LogP contribution in [0.25, 0.3) is 11.1 Å². The molecular weight excluding hydrogens is 364 g/mol. The zero-order chi connectivity index (χ0) is 20.2. The van der Waals surface area contributed by atoms with Gasteiger partial charge in [0, 0.05) is 24.1 Å². The van der Waals surface area contributed by atoms with Gasteiger partial charge in [0.05, 0.1) is 13.2 Å². The van der Waals surface area contributed by atoms with Crippen LogP contribution in [-0.2, 0) is 11.3 Å². The lowest BCUT2D eigenvalue weighted by Gasteiger charge is -2.23. The van der Waals surface area contributed by atoms with Crippen molar-refractivity contribution in [2.75, 3.05) is 19.0 Å². The average molecular weight is 390 g/mol. The molecule has 2 N–H and O–H groups in total. The molecule has 2 heterocycles. The number of rotatable bonds is 6. The van der Waals surface area contributed by atoms with Crippen LogP contribution in [0.1, 0.15) is 24.4 Å². The van der Waals surface area contributed by atoms with Crippen molar-refractivity contribution in [3.63, 3.8) is 0 Å². The minimum absolute atomic E-state index is 0.0490. The number of hydrogen-bond donors (Lipinski definition) is 2. The van der Waals surface area contributed by atoms with Crippen molar-refractivity contribution < 1.29 is 9.53 Å². The summed E-state index contributed by atoms with van der Waals surface area (Å²) in [5.74, 6) is 1.78. The molecule has 2 aromatic carbocycles. The molecule has 1 aliphatic rings. The molecule has 150 valence electrons. The smallest absolute Gasteiger partial charge is 0.241 e. The van der Waals surface area contributed by atoms with Gasteiger partial charge in [0.1, 0.15) is 11.6 Å². The summed E-state index contributed by atoms with van der Waals surface area (Å²) in [6, 6.07) is 15.8. The quantitative estimate of drug-likeness (QED) is 0.668. The van der Waals surface area contributed by atoms with Gasteiger partial charge in [-0.25, -0.2) is 4.98 Å². The Morgan fingerprint density at radius 1 is 1.24 bits per heavy atom. The van der Waals surface area contributed by atoms with Crippen LogP contribution in [0, 0.1) is 6.92 Å². The third-order valence-corrected chi connectivity index (χ3v) is 5.35. The number of ether oxygens (including phenoxy) is 1. The number of imidazole rings is 1. The first-order valence-corrected chi connectivity index (χ1v) is 9.92. The van der Waals surface area contributed by atoms with Gasteiger partial charge >= 0.3 is 0 Å². The van der Waals surface area contributed by atoms with Crippen molar-refractivity contribution in [2.45, 2.75) is 32.4 Å². The van der Waals surface area contributed by atoms with Gasteiger partial charge in [-0.05, 0) is 61.7 Å². The van der Waals surface area contributed by atoms with Gasteiger partial charge in [-0.2, -0.15) is 0 Å². The van der Waals surface area contributed by atoms with Crippen molar-refractivity contribution in [3.8, 4) is 16.9 Å². The third-order valence-electron chi connectivity index (χ3n) is 5.35. The first-order valence-electron chi connectivity index (χ1n) is 9.92. The number of aromatic amines is 1. The molecule has 1 saturated heterocycles. The molecule has 3 aromatic rings. The van der Waals surface area contributed by atoms with Gasteiger partial charge in [0.2, 0.25) is 5.91 Å². The minimum Gasteiger partial charge on any atom is -0.497 e. The zero-order valence-corrected chi connectivity index (χ0v) is 16.8. The second-order valence-electron chi connectivity index (χ2n) is 7.42. The lowest BCUT2D eigenvalue weighted by atomic mass is 10.1. The van der Waals surface area contributed by atoms with Crippen LogP contribution in [0.5, 0.6) is 5.75 Å². The van der Waals surface area contributed by atoms with Gasteiger partial charge < -0.3 is 15.0 Å². The molecule has 0 saturated carbocycles. The molecule has 6 heteroatoms. The SMILES string of the molecule is COc1cccc(-c2ccc(NC(=O)C3CCCN3Cc3cnc(C)[nH]3)cc2)c1. The monoisotopic (exact) mass is 390 g/mol. The Bertz CT molecular complexity index is 981. The topological polar surface area (TPSA) is 70.2 Å².